The van der Waals surface area contributed by atoms with E-state index in [1.165, 1.54) is 0 Å². The standard InChI is InChI=1S/2CHF3O2S.Cu/c2*2-1(3,4)7(5)6;/h2*(H,5,6);/q;;+2/p-2. The minimum Gasteiger partial charge on any atom is -0.766 e. The van der Waals surface area contributed by atoms with Gasteiger partial charge in [-0.2, -0.15) is 26.3 Å². The Balaban J connectivity index is -0.000000180. The summed E-state index contributed by atoms with van der Waals surface area (Å²) in [6.07, 6.45) is 0. The maximum Gasteiger partial charge on any atom is 2.00 e. The molecule has 0 heterocycles. The molecular weight excluding hydrogens is 330 g/mol. The van der Waals surface area contributed by atoms with Crippen molar-refractivity contribution in [2.75, 3.05) is 0 Å². The number of hydrogen-bond donors (Lipinski definition) is 0. The van der Waals surface area contributed by atoms with Crippen molar-refractivity contribution in [2.45, 2.75) is 11.0 Å². The van der Waals surface area contributed by atoms with E-state index in [0.29, 0.717) is 0 Å². The van der Waals surface area contributed by atoms with Crippen molar-refractivity contribution in [1.29, 1.82) is 0 Å². The summed E-state index contributed by atoms with van der Waals surface area (Å²) in [6, 6.07) is 0. The van der Waals surface area contributed by atoms with Crippen LogP contribution in [0.5, 0.6) is 0 Å². The van der Waals surface area contributed by atoms with Gasteiger partial charge in [0.25, 0.3) is 0 Å². The van der Waals surface area contributed by atoms with Gasteiger partial charge in [0.15, 0.2) is 0 Å². The van der Waals surface area contributed by atoms with Crippen molar-refractivity contribution in [1.82, 2.24) is 0 Å². The van der Waals surface area contributed by atoms with Gasteiger partial charge in [-0.1, -0.05) is 0 Å². The van der Waals surface area contributed by atoms with Gasteiger partial charge in [-0.25, -0.2) is 0 Å². The van der Waals surface area contributed by atoms with E-state index in [9.17, 15) is 26.3 Å². The van der Waals surface area contributed by atoms with Crippen LogP contribution in [-0.2, 0) is 39.2 Å². The summed E-state index contributed by atoms with van der Waals surface area (Å²) in [7, 11) is 0. The van der Waals surface area contributed by atoms with Crippen LogP contribution < -0.4 is 0 Å². The molecule has 97 valence electrons. The Morgan fingerprint density at radius 3 is 0.800 bits per heavy atom. The monoisotopic (exact) mass is 329 g/mol. The molecule has 2 unspecified atom stereocenters. The van der Waals surface area contributed by atoms with E-state index < -0.39 is 33.2 Å². The quantitative estimate of drug-likeness (QED) is 0.373. The Kier molecular flexibility index (Phi) is 10.4. The molecule has 2 atom stereocenters. The zero-order valence-electron chi connectivity index (χ0n) is 6.02. The molecule has 0 bridgehead atoms. The molecule has 0 aliphatic rings. The summed E-state index contributed by atoms with van der Waals surface area (Å²) >= 11 is -7.87. The van der Waals surface area contributed by atoms with Gasteiger partial charge in [-0.3, -0.25) is 8.42 Å². The molecule has 0 aromatic heterocycles. The minimum atomic E-state index is -5.08. The molecule has 0 aromatic rings. The Labute approximate surface area is 94.5 Å². The first-order valence-corrected chi connectivity index (χ1v) is 4.36. The van der Waals surface area contributed by atoms with E-state index in [2.05, 4.69) is 0 Å². The van der Waals surface area contributed by atoms with Gasteiger partial charge in [0.2, 0.25) is 0 Å². The fourth-order valence-corrected chi connectivity index (χ4v) is 0. The third kappa shape index (κ3) is 14.3. The van der Waals surface area contributed by atoms with Crippen molar-refractivity contribution < 1.29 is 60.9 Å². The predicted molar refractivity (Wildman–Crippen MR) is 29.9 cm³/mol. The second-order valence-electron chi connectivity index (χ2n) is 1.36. The second-order valence-corrected chi connectivity index (χ2v) is 3.23. The zero-order valence-corrected chi connectivity index (χ0v) is 8.59. The first-order valence-electron chi connectivity index (χ1n) is 2.21. The van der Waals surface area contributed by atoms with Crippen LogP contribution in [-0.4, -0.2) is 28.5 Å². The Morgan fingerprint density at radius 2 is 0.800 bits per heavy atom. The van der Waals surface area contributed by atoms with Crippen LogP contribution >= 0.6 is 0 Å². The van der Waals surface area contributed by atoms with E-state index in [1.807, 2.05) is 0 Å². The van der Waals surface area contributed by atoms with Gasteiger partial charge in [0.1, 0.15) is 0 Å². The average Bonchev–Trinajstić information content (AvgIpc) is 1.83. The average molecular weight is 330 g/mol. The first kappa shape index (κ1) is 20.7. The van der Waals surface area contributed by atoms with Crippen LogP contribution in [0.2, 0.25) is 0 Å². The van der Waals surface area contributed by atoms with Gasteiger partial charge < -0.3 is 9.11 Å². The molecule has 0 spiro atoms. The molecule has 13 heteroatoms. The van der Waals surface area contributed by atoms with Gasteiger partial charge >= 0.3 is 28.1 Å². The summed E-state index contributed by atoms with van der Waals surface area (Å²) in [5.41, 5.74) is -10.2. The normalized spacial score (nSPS) is 15.5. The largest absolute Gasteiger partial charge is 2.00 e. The summed E-state index contributed by atoms with van der Waals surface area (Å²) in [4.78, 5) is 0. The molecule has 0 saturated heterocycles. The van der Waals surface area contributed by atoms with E-state index >= 15 is 0 Å². The molecule has 15 heavy (non-hydrogen) atoms. The van der Waals surface area contributed by atoms with E-state index in [0.717, 1.165) is 0 Å². The Morgan fingerprint density at radius 1 is 0.733 bits per heavy atom. The van der Waals surface area contributed by atoms with Gasteiger partial charge in [0.05, 0.1) is 22.2 Å². The summed E-state index contributed by atoms with van der Waals surface area (Å²) in [5.74, 6) is 0. The molecule has 0 rings (SSSR count). The topological polar surface area (TPSA) is 80.3 Å². The van der Waals surface area contributed by atoms with Crippen molar-refractivity contribution in [3.63, 3.8) is 0 Å². The molecule has 0 saturated carbocycles. The van der Waals surface area contributed by atoms with Crippen LogP contribution in [0.25, 0.3) is 0 Å². The number of alkyl halides is 6. The number of hydrogen-bond acceptors (Lipinski definition) is 4. The molecule has 1 radical (unpaired) electrons. The van der Waals surface area contributed by atoms with Gasteiger partial charge in [0, 0.05) is 0 Å². The van der Waals surface area contributed by atoms with Crippen LogP contribution in [0.1, 0.15) is 0 Å². The van der Waals surface area contributed by atoms with Crippen LogP contribution in [0, 0.1) is 0 Å². The van der Waals surface area contributed by atoms with Gasteiger partial charge in [-0.05, 0) is 0 Å². The van der Waals surface area contributed by atoms with Crippen molar-refractivity contribution >= 4 is 22.2 Å². The second kappa shape index (κ2) is 7.57. The maximum absolute atomic E-state index is 10.6. The molecule has 0 N–H and O–H groups in total. The SMILES string of the molecule is O=S([O-])C(F)(F)F.O=S([O-])C(F)(F)F.[Cu+2]. The smallest absolute Gasteiger partial charge is 0.766 e. The van der Waals surface area contributed by atoms with Crippen molar-refractivity contribution in [3.8, 4) is 0 Å². The maximum atomic E-state index is 10.6. The van der Waals surface area contributed by atoms with Gasteiger partial charge in [-0.15, -0.1) is 0 Å². The Bertz CT molecular complexity index is 200. The predicted octanol–water partition coefficient (Wildman–Crippen LogP) is 0.768. The van der Waals surface area contributed by atoms with E-state index in [-0.39, 0.29) is 17.1 Å². The molecule has 0 amide bonds. The minimum absolute atomic E-state index is 0. The third-order valence-corrected chi connectivity index (χ3v) is 1.13. The van der Waals surface area contributed by atoms with Crippen molar-refractivity contribution in [2.24, 2.45) is 0 Å². The van der Waals surface area contributed by atoms with Crippen LogP contribution in [0.4, 0.5) is 26.3 Å². The third-order valence-electron chi connectivity index (χ3n) is 0.378. The number of halogens is 6. The van der Waals surface area contributed by atoms with Crippen molar-refractivity contribution in [3.05, 3.63) is 0 Å². The molecular formula is C2CuF6O4S2. The van der Waals surface area contributed by atoms with E-state index in [1.54, 1.807) is 0 Å². The Hall–Kier alpha value is 0.319. The first-order chi connectivity index (χ1) is 5.89. The molecule has 0 aliphatic carbocycles. The zero-order chi connectivity index (χ0) is 12.2. The molecule has 4 nitrogen and oxygen atoms in total. The van der Waals surface area contributed by atoms with Crippen LogP contribution in [0.3, 0.4) is 0 Å². The fourth-order valence-electron chi connectivity index (χ4n) is 0. The summed E-state index contributed by atoms with van der Waals surface area (Å²) in [6.45, 7) is 0. The summed E-state index contributed by atoms with van der Waals surface area (Å²) in [5, 5.41) is 0. The number of rotatable bonds is 0. The molecule has 0 aliphatic heterocycles. The molecule has 0 fully saturated rings. The fraction of sp³-hybridized carbons (Fsp3) is 1.00. The van der Waals surface area contributed by atoms with E-state index in [4.69, 9.17) is 17.5 Å². The summed E-state index contributed by atoms with van der Waals surface area (Å²) < 4.78 is 99.0. The van der Waals surface area contributed by atoms with Crippen LogP contribution in [0.15, 0.2) is 0 Å². The molecule has 0 aromatic carbocycles.